The van der Waals surface area contributed by atoms with Gasteiger partial charge in [-0.3, -0.25) is 0 Å². The Labute approximate surface area is 136 Å². The van der Waals surface area contributed by atoms with E-state index in [1.54, 1.807) is 6.20 Å². The third-order valence-corrected chi connectivity index (χ3v) is 5.96. The number of hydrogen-bond donors (Lipinski definition) is 2. The molecule has 3 rings (SSSR count). The van der Waals surface area contributed by atoms with Gasteiger partial charge in [-0.05, 0) is 37.9 Å². The van der Waals surface area contributed by atoms with Crippen molar-refractivity contribution in [3.63, 3.8) is 0 Å². The Kier molecular flexibility index (Phi) is 5.28. The number of urea groups is 1. The normalized spacial score (nSPS) is 28.8. The number of thioether (sulfide) groups is 1. The number of amides is 2. The van der Waals surface area contributed by atoms with Crippen LogP contribution in [0.2, 0.25) is 0 Å². The van der Waals surface area contributed by atoms with E-state index in [1.807, 2.05) is 22.9 Å². The van der Waals surface area contributed by atoms with E-state index >= 15 is 0 Å². The number of aromatic nitrogens is 2. The van der Waals surface area contributed by atoms with Crippen LogP contribution in [0, 0.1) is 0 Å². The molecule has 1 aromatic heterocycles. The number of H-pyrrole nitrogens is 1. The first-order chi connectivity index (χ1) is 10.8. The molecule has 22 heavy (non-hydrogen) atoms. The van der Waals surface area contributed by atoms with Gasteiger partial charge in [-0.1, -0.05) is 6.92 Å². The zero-order chi connectivity index (χ0) is 15.4. The molecule has 0 bridgehead atoms. The number of nitrogens with zero attached hydrogens (tertiary/aromatic N) is 2. The third-order valence-electron chi connectivity index (χ3n) is 4.73. The molecule has 0 radical (unpaired) electrons. The predicted octanol–water partition coefficient (Wildman–Crippen LogP) is 2.97. The fraction of sp³-hybridized carbons (Fsp3) is 0.750. The minimum atomic E-state index is 0.114. The fourth-order valence-corrected chi connectivity index (χ4v) is 4.75. The lowest BCUT2D eigenvalue weighted by Crippen LogP contribution is -2.47. The van der Waals surface area contributed by atoms with Crippen molar-refractivity contribution < 1.29 is 4.79 Å². The Morgan fingerprint density at radius 3 is 3.18 bits per heavy atom. The van der Waals surface area contributed by atoms with Gasteiger partial charge < -0.3 is 15.2 Å². The van der Waals surface area contributed by atoms with E-state index in [0.29, 0.717) is 12.0 Å². The molecule has 0 unspecified atom stereocenters. The Balaban J connectivity index is 1.50. The number of likely N-dealkylation sites (tertiary alicyclic amines) is 1. The van der Waals surface area contributed by atoms with E-state index in [1.165, 1.54) is 12.2 Å². The highest BCUT2D eigenvalue weighted by Gasteiger charge is 2.30. The van der Waals surface area contributed by atoms with E-state index in [2.05, 4.69) is 22.2 Å². The van der Waals surface area contributed by atoms with Crippen molar-refractivity contribution in [1.29, 1.82) is 0 Å². The number of carbonyl (C=O) groups excluding carboxylic acids is 1. The maximum atomic E-state index is 12.5. The molecule has 1 aliphatic carbocycles. The maximum absolute atomic E-state index is 12.5. The minimum absolute atomic E-state index is 0.114. The molecule has 6 heteroatoms. The molecule has 1 aromatic rings. The Morgan fingerprint density at radius 2 is 2.41 bits per heavy atom. The summed E-state index contributed by atoms with van der Waals surface area (Å²) in [7, 11) is 0. The topological polar surface area (TPSA) is 61.0 Å². The molecule has 2 aliphatic rings. The Hall–Kier alpha value is -1.17. The first-order valence-electron chi connectivity index (χ1n) is 8.42. The summed E-state index contributed by atoms with van der Waals surface area (Å²) in [5.41, 5.74) is 0. The zero-order valence-corrected chi connectivity index (χ0v) is 14.1. The fourth-order valence-electron chi connectivity index (χ4n) is 3.61. The molecule has 122 valence electrons. The van der Waals surface area contributed by atoms with Crippen LogP contribution in [0.3, 0.4) is 0 Å². The van der Waals surface area contributed by atoms with E-state index < -0.39 is 0 Å². The van der Waals surface area contributed by atoms with Crippen molar-refractivity contribution >= 4 is 17.8 Å². The van der Waals surface area contributed by atoms with Crippen molar-refractivity contribution in [2.24, 2.45) is 0 Å². The highest BCUT2D eigenvalue weighted by atomic mass is 32.2. The van der Waals surface area contributed by atoms with Gasteiger partial charge in [0, 0.05) is 42.7 Å². The van der Waals surface area contributed by atoms with Crippen LogP contribution in [0.15, 0.2) is 12.4 Å². The second-order valence-corrected chi connectivity index (χ2v) is 7.87. The summed E-state index contributed by atoms with van der Waals surface area (Å²) in [5.74, 6) is 2.53. The summed E-state index contributed by atoms with van der Waals surface area (Å²) in [5, 5.41) is 3.98. The monoisotopic (exact) mass is 322 g/mol. The highest BCUT2D eigenvalue weighted by Crippen LogP contribution is 2.30. The van der Waals surface area contributed by atoms with Gasteiger partial charge in [0.1, 0.15) is 5.82 Å². The molecular weight excluding hydrogens is 296 g/mol. The largest absolute Gasteiger partial charge is 0.348 e. The van der Waals surface area contributed by atoms with Crippen LogP contribution in [0.1, 0.15) is 50.8 Å². The van der Waals surface area contributed by atoms with Gasteiger partial charge in [0.05, 0.1) is 0 Å². The third kappa shape index (κ3) is 3.77. The van der Waals surface area contributed by atoms with Gasteiger partial charge >= 0.3 is 6.03 Å². The van der Waals surface area contributed by atoms with Gasteiger partial charge in [0.2, 0.25) is 0 Å². The molecule has 2 heterocycles. The predicted molar refractivity (Wildman–Crippen MR) is 90.2 cm³/mol. The molecule has 1 saturated carbocycles. The molecule has 3 atom stereocenters. The highest BCUT2D eigenvalue weighted by molar-refractivity contribution is 7.99. The molecule has 5 nitrogen and oxygen atoms in total. The first-order valence-corrected chi connectivity index (χ1v) is 9.47. The standard InChI is InChI=1S/C16H26N4OS/c1-2-22-14-6-5-13(10-14)19-16(21)20-9-3-4-12(11-20)15-17-7-8-18-15/h7-8,12-14H,2-6,9-11H2,1H3,(H,17,18)(H,19,21)/t12-,13+,14+/m0/s1. The van der Waals surface area contributed by atoms with E-state index in [4.69, 9.17) is 0 Å². The van der Waals surface area contributed by atoms with Gasteiger partial charge in [0.25, 0.3) is 0 Å². The molecule has 1 saturated heterocycles. The summed E-state index contributed by atoms with van der Waals surface area (Å²) >= 11 is 2.03. The van der Waals surface area contributed by atoms with Crippen LogP contribution >= 0.6 is 11.8 Å². The van der Waals surface area contributed by atoms with Crippen molar-refractivity contribution in [2.75, 3.05) is 18.8 Å². The van der Waals surface area contributed by atoms with Crippen LogP contribution in [0.4, 0.5) is 4.79 Å². The maximum Gasteiger partial charge on any atom is 0.317 e. The van der Waals surface area contributed by atoms with Crippen LogP contribution < -0.4 is 5.32 Å². The van der Waals surface area contributed by atoms with E-state index in [0.717, 1.165) is 49.8 Å². The molecule has 2 fully saturated rings. The lowest BCUT2D eigenvalue weighted by molar-refractivity contribution is 0.175. The number of aromatic amines is 1. The lowest BCUT2D eigenvalue weighted by atomic mass is 9.97. The van der Waals surface area contributed by atoms with Gasteiger partial charge in [-0.2, -0.15) is 11.8 Å². The number of carbonyl (C=O) groups is 1. The summed E-state index contributed by atoms with van der Waals surface area (Å²) < 4.78 is 0. The molecule has 2 N–H and O–H groups in total. The first kappa shape index (κ1) is 15.7. The van der Waals surface area contributed by atoms with E-state index in [-0.39, 0.29) is 6.03 Å². The van der Waals surface area contributed by atoms with Crippen molar-refractivity contribution in [1.82, 2.24) is 20.2 Å². The molecule has 0 aromatic carbocycles. The Morgan fingerprint density at radius 1 is 1.50 bits per heavy atom. The number of piperidine rings is 1. The van der Waals surface area contributed by atoms with Crippen LogP contribution in [-0.2, 0) is 0 Å². The summed E-state index contributed by atoms with van der Waals surface area (Å²) in [6.45, 7) is 3.85. The molecule has 2 amide bonds. The number of nitrogens with one attached hydrogen (secondary N) is 2. The quantitative estimate of drug-likeness (QED) is 0.896. The molecule has 1 aliphatic heterocycles. The smallest absolute Gasteiger partial charge is 0.317 e. The minimum Gasteiger partial charge on any atom is -0.348 e. The lowest BCUT2D eigenvalue weighted by Gasteiger charge is -2.32. The van der Waals surface area contributed by atoms with Gasteiger partial charge in [-0.15, -0.1) is 0 Å². The molecular formula is C16H26N4OS. The van der Waals surface area contributed by atoms with Gasteiger partial charge in [-0.25, -0.2) is 9.78 Å². The number of rotatable bonds is 4. The SMILES string of the molecule is CCS[C@@H]1CC[C@@H](NC(=O)N2CCC[C@H](c3ncc[nH]3)C2)C1. The summed E-state index contributed by atoms with van der Waals surface area (Å²) in [4.78, 5) is 22.0. The van der Waals surface area contributed by atoms with E-state index in [9.17, 15) is 4.79 Å². The van der Waals surface area contributed by atoms with Crippen molar-refractivity contribution in [3.05, 3.63) is 18.2 Å². The summed E-state index contributed by atoms with van der Waals surface area (Å²) in [6.07, 6.45) is 9.29. The van der Waals surface area contributed by atoms with Crippen LogP contribution in [-0.4, -0.2) is 51.0 Å². The summed E-state index contributed by atoms with van der Waals surface area (Å²) in [6, 6.07) is 0.476. The second kappa shape index (κ2) is 7.40. The zero-order valence-electron chi connectivity index (χ0n) is 13.3. The molecule has 0 spiro atoms. The van der Waals surface area contributed by atoms with Gasteiger partial charge in [0.15, 0.2) is 0 Å². The average molecular weight is 322 g/mol. The van der Waals surface area contributed by atoms with Crippen molar-refractivity contribution in [3.8, 4) is 0 Å². The van der Waals surface area contributed by atoms with Crippen LogP contribution in [0.25, 0.3) is 0 Å². The number of hydrogen-bond acceptors (Lipinski definition) is 3. The Bertz CT molecular complexity index is 479. The average Bonchev–Trinajstić information content (AvgIpc) is 3.20. The van der Waals surface area contributed by atoms with Crippen LogP contribution in [0.5, 0.6) is 0 Å². The number of imidazole rings is 1. The van der Waals surface area contributed by atoms with Crippen molar-refractivity contribution in [2.45, 2.75) is 56.2 Å². The second-order valence-electron chi connectivity index (χ2n) is 6.30.